The number of anilines is 1. The third-order valence-electron chi connectivity index (χ3n) is 5.50. The Hall–Kier alpha value is -2.17. The highest BCUT2D eigenvalue weighted by Crippen LogP contribution is 2.49. The van der Waals surface area contributed by atoms with Crippen LogP contribution in [0.25, 0.3) is 0 Å². The van der Waals surface area contributed by atoms with Crippen LogP contribution in [0.5, 0.6) is 0 Å². The minimum atomic E-state index is -0.243. The monoisotopic (exact) mass is 327 g/mol. The number of aromatic nitrogens is 2. The van der Waals surface area contributed by atoms with Gasteiger partial charge in [0.05, 0.1) is 6.54 Å². The quantitative estimate of drug-likeness (QED) is 0.907. The molecule has 1 aromatic carbocycles. The van der Waals surface area contributed by atoms with Gasteiger partial charge in [-0.2, -0.15) is 5.10 Å². The Labute approximate surface area is 141 Å². The summed E-state index contributed by atoms with van der Waals surface area (Å²) in [6.45, 7) is 0.558. The zero-order valence-corrected chi connectivity index (χ0v) is 13.6. The molecule has 5 heteroatoms. The predicted octanol–water partition coefficient (Wildman–Crippen LogP) is 3.84. The molecule has 3 unspecified atom stereocenters. The van der Waals surface area contributed by atoms with Crippen molar-refractivity contribution in [2.75, 3.05) is 5.32 Å². The van der Waals surface area contributed by atoms with Crippen molar-refractivity contribution in [2.24, 2.45) is 17.8 Å². The number of nitrogens with one attached hydrogen (secondary N) is 1. The maximum atomic E-state index is 12.9. The number of amides is 1. The van der Waals surface area contributed by atoms with E-state index in [0.717, 1.165) is 17.4 Å². The van der Waals surface area contributed by atoms with Crippen LogP contribution in [-0.2, 0) is 11.3 Å². The summed E-state index contributed by atoms with van der Waals surface area (Å²) in [5, 5.41) is 7.29. The van der Waals surface area contributed by atoms with Gasteiger partial charge in [-0.25, -0.2) is 4.39 Å². The summed E-state index contributed by atoms with van der Waals surface area (Å²) in [6, 6.07) is 8.17. The number of nitrogens with zero attached hydrogens (tertiary/aromatic N) is 2. The topological polar surface area (TPSA) is 46.9 Å². The lowest BCUT2D eigenvalue weighted by atomic mass is 9.86. The first kappa shape index (κ1) is 15.4. The molecule has 2 saturated carbocycles. The molecular weight excluding hydrogens is 305 g/mol. The molecule has 2 aliphatic carbocycles. The maximum Gasteiger partial charge on any atom is 0.225 e. The number of rotatable bonds is 5. The van der Waals surface area contributed by atoms with Crippen LogP contribution in [0.2, 0.25) is 0 Å². The second-order valence-corrected chi connectivity index (χ2v) is 7.21. The fraction of sp³-hybridized carbons (Fsp3) is 0.474. The normalized spacial score (nSPS) is 25.1. The van der Waals surface area contributed by atoms with E-state index in [1.807, 2.05) is 12.3 Å². The molecule has 0 radical (unpaired) electrons. The van der Waals surface area contributed by atoms with E-state index in [9.17, 15) is 9.18 Å². The Balaban J connectivity index is 1.31. The highest BCUT2D eigenvalue weighted by molar-refractivity contribution is 5.89. The lowest BCUT2D eigenvalue weighted by Gasteiger charge is -2.20. The van der Waals surface area contributed by atoms with Crippen LogP contribution in [0.15, 0.2) is 36.5 Å². The molecule has 24 heavy (non-hydrogen) atoms. The number of halogens is 1. The van der Waals surface area contributed by atoms with Crippen molar-refractivity contribution in [2.45, 2.75) is 38.6 Å². The highest BCUT2D eigenvalue weighted by atomic mass is 19.1. The molecule has 4 nitrogen and oxygen atoms in total. The van der Waals surface area contributed by atoms with Crippen LogP contribution in [0.4, 0.5) is 10.2 Å². The molecule has 126 valence electrons. The molecule has 1 N–H and O–H groups in total. The zero-order valence-electron chi connectivity index (χ0n) is 13.6. The van der Waals surface area contributed by atoms with Crippen LogP contribution in [0, 0.1) is 23.6 Å². The Morgan fingerprint density at radius 2 is 2.04 bits per heavy atom. The van der Waals surface area contributed by atoms with Gasteiger partial charge in [0.25, 0.3) is 0 Å². The van der Waals surface area contributed by atoms with Crippen LogP contribution >= 0.6 is 0 Å². The maximum absolute atomic E-state index is 12.9. The van der Waals surface area contributed by atoms with Crippen LogP contribution in [0.1, 0.15) is 37.7 Å². The minimum Gasteiger partial charge on any atom is -0.309 e. The minimum absolute atomic E-state index is 0.0691. The van der Waals surface area contributed by atoms with Crippen molar-refractivity contribution in [3.63, 3.8) is 0 Å². The Kier molecular flexibility index (Phi) is 4.08. The Morgan fingerprint density at radius 1 is 1.21 bits per heavy atom. The van der Waals surface area contributed by atoms with Crippen molar-refractivity contribution in [3.8, 4) is 0 Å². The fourth-order valence-electron chi connectivity index (χ4n) is 4.35. The number of fused-ring (bicyclic) bond motifs is 2. The summed E-state index contributed by atoms with van der Waals surface area (Å²) in [5.41, 5.74) is 0.972. The largest absolute Gasteiger partial charge is 0.309 e. The second-order valence-electron chi connectivity index (χ2n) is 7.21. The van der Waals surface area contributed by atoms with Gasteiger partial charge in [-0.1, -0.05) is 18.6 Å². The summed E-state index contributed by atoms with van der Waals surface area (Å²) in [4.78, 5) is 12.2. The van der Waals surface area contributed by atoms with Crippen LogP contribution in [0.3, 0.4) is 0 Å². The van der Waals surface area contributed by atoms with Gasteiger partial charge in [0.1, 0.15) is 5.82 Å². The number of carbonyl (C=O) groups excluding carboxylic acids is 1. The molecule has 3 atom stereocenters. The van der Waals surface area contributed by atoms with E-state index < -0.39 is 0 Å². The van der Waals surface area contributed by atoms with E-state index in [1.54, 1.807) is 16.8 Å². The molecule has 1 amide bonds. The number of hydrogen-bond acceptors (Lipinski definition) is 2. The van der Waals surface area contributed by atoms with Crippen molar-refractivity contribution in [1.82, 2.24) is 9.78 Å². The lowest BCUT2D eigenvalue weighted by molar-refractivity contribution is -0.117. The summed E-state index contributed by atoms with van der Waals surface area (Å²) in [6.07, 6.45) is 7.65. The van der Waals surface area contributed by atoms with Gasteiger partial charge in [0.15, 0.2) is 5.82 Å². The smallest absolute Gasteiger partial charge is 0.225 e. The number of hydrogen-bond donors (Lipinski definition) is 1. The van der Waals surface area contributed by atoms with E-state index in [4.69, 9.17) is 0 Å². The van der Waals surface area contributed by atoms with E-state index >= 15 is 0 Å². The molecule has 0 spiro atoms. The van der Waals surface area contributed by atoms with E-state index in [2.05, 4.69) is 10.4 Å². The molecule has 4 rings (SSSR count). The van der Waals surface area contributed by atoms with Gasteiger partial charge in [0.2, 0.25) is 5.91 Å². The molecule has 2 aromatic rings. The summed E-state index contributed by atoms with van der Waals surface area (Å²) in [7, 11) is 0. The first-order valence-corrected chi connectivity index (χ1v) is 8.73. The van der Waals surface area contributed by atoms with Gasteiger partial charge in [0, 0.05) is 18.7 Å². The van der Waals surface area contributed by atoms with Crippen LogP contribution < -0.4 is 5.32 Å². The summed E-state index contributed by atoms with van der Waals surface area (Å²) in [5.74, 6) is 2.60. The second kappa shape index (κ2) is 6.38. The van der Waals surface area contributed by atoms with Gasteiger partial charge in [-0.3, -0.25) is 9.48 Å². The zero-order chi connectivity index (χ0) is 16.5. The van der Waals surface area contributed by atoms with Crippen molar-refractivity contribution in [1.29, 1.82) is 0 Å². The SMILES string of the molecule is O=C(CC1CC2CCC1C2)Nc1ccn(Cc2ccc(F)cc2)n1. The molecule has 1 heterocycles. The lowest BCUT2D eigenvalue weighted by Crippen LogP contribution is -2.20. The Bertz CT molecular complexity index is 724. The van der Waals surface area contributed by atoms with Crippen molar-refractivity contribution in [3.05, 3.63) is 47.9 Å². The van der Waals surface area contributed by atoms with Gasteiger partial charge in [-0.15, -0.1) is 0 Å². The molecule has 2 fully saturated rings. The molecule has 2 aliphatic rings. The third-order valence-corrected chi connectivity index (χ3v) is 5.50. The molecule has 1 aromatic heterocycles. The van der Waals surface area contributed by atoms with Gasteiger partial charge < -0.3 is 5.32 Å². The first-order valence-electron chi connectivity index (χ1n) is 8.73. The summed E-state index contributed by atoms with van der Waals surface area (Å²) >= 11 is 0. The van der Waals surface area contributed by atoms with Gasteiger partial charge >= 0.3 is 0 Å². The third kappa shape index (κ3) is 3.35. The fourth-order valence-corrected chi connectivity index (χ4v) is 4.35. The average molecular weight is 327 g/mol. The van der Waals surface area contributed by atoms with Crippen molar-refractivity contribution >= 4 is 11.7 Å². The van der Waals surface area contributed by atoms with E-state index in [1.165, 1.54) is 37.8 Å². The molecular formula is C19H22FN3O. The molecule has 0 aliphatic heterocycles. The standard InChI is InChI=1S/C19H22FN3O/c20-17-5-2-13(3-6-17)12-23-8-7-18(22-23)21-19(24)11-16-10-14-1-4-15(16)9-14/h2-3,5-8,14-16H,1,4,9-12H2,(H,21,22,24). The number of benzene rings is 1. The van der Waals surface area contributed by atoms with Crippen molar-refractivity contribution < 1.29 is 9.18 Å². The molecule has 2 bridgehead atoms. The molecule has 0 saturated heterocycles. The Morgan fingerprint density at radius 3 is 2.75 bits per heavy atom. The van der Waals surface area contributed by atoms with E-state index in [0.29, 0.717) is 24.7 Å². The highest BCUT2D eigenvalue weighted by Gasteiger charge is 2.40. The predicted molar refractivity (Wildman–Crippen MR) is 89.9 cm³/mol. The number of carbonyl (C=O) groups is 1. The average Bonchev–Trinajstić information content (AvgIpc) is 3.27. The van der Waals surface area contributed by atoms with Gasteiger partial charge in [-0.05, 0) is 54.7 Å². The summed E-state index contributed by atoms with van der Waals surface area (Å²) < 4.78 is 14.7. The van der Waals surface area contributed by atoms with E-state index in [-0.39, 0.29) is 11.7 Å². The first-order chi connectivity index (χ1) is 11.7. The van der Waals surface area contributed by atoms with Crippen LogP contribution in [-0.4, -0.2) is 15.7 Å².